The highest BCUT2D eigenvalue weighted by molar-refractivity contribution is 6.00. The van der Waals surface area contributed by atoms with Crippen LogP contribution in [0.25, 0.3) is 5.65 Å². The van der Waals surface area contributed by atoms with Crippen molar-refractivity contribution in [1.29, 1.82) is 0 Å². The van der Waals surface area contributed by atoms with Gasteiger partial charge >= 0.3 is 6.18 Å². The van der Waals surface area contributed by atoms with Crippen molar-refractivity contribution >= 4 is 17.4 Å². The smallest absolute Gasteiger partial charge is 0.367 e. The molecule has 1 atom stereocenters. The summed E-state index contributed by atoms with van der Waals surface area (Å²) in [5.41, 5.74) is 2.31. The summed E-state index contributed by atoms with van der Waals surface area (Å²) in [6.07, 6.45) is 1.50. The second-order valence-electron chi connectivity index (χ2n) is 7.06. The molecule has 1 amide bonds. The van der Waals surface area contributed by atoms with Gasteiger partial charge in [-0.2, -0.15) is 18.3 Å². The monoisotopic (exact) mass is 410 g/mol. The maximum Gasteiger partial charge on any atom is 0.411 e. The minimum atomic E-state index is -4.55. The summed E-state index contributed by atoms with van der Waals surface area (Å²) >= 11 is 0. The van der Waals surface area contributed by atoms with E-state index in [0.29, 0.717) is 5.82 Å². The van der Waals surface area contributed by atoms with E-state index < -0.39 is 18.1 Å². The van der Waals surface area contributed by atoms with Crippen LogP contribution in [0.1, 0.15) is 23.2 Å². The lowest BCUT2D eigenvalue weighted by Gasteiger charge is -2.24. The van der Waals surface area contributed by atoms with Gasteiger partial charge < -0.3 is 21.0 Å². The second kappa shape index (κ2) is 7.52. The lowest BCUT2D eigenvalue weighted by atomic mass is 10.1. The van der Waals surface area contributed by atoms with Crippen molar-refractivity contribution in [2.75, 3.05) is 25.5 Å². The number of rotatable bonds is 4. The van der Waals surface area contributed by atoms with Crippen LogP contribution in [0.15, 0.2) is 30.4 Å². The second-order valence-corrected chi connectivity index (χ2v) is 7.06. The van der Waals surface area contributed by atoms with E-state index in [1.807, 2.05) is 0 Å². The Hall–Kier alpha value is -2.86. The molecule has 2 aliphatic rings. The lowest BCUT2D eigenvalue weighted by Crippen LogP contribution is -2.47. The number of aromatic nitrogens is 3. The quantitative estimate of drug-likeness (QED) is 0.593. The molecule has 0 aromatic carbocycles. The predicted molar refractivity (Wildman–Crippen MR) is 98.8 cm³/mol. The van der Waals surface area contributed by atoms with Crippen LogP contribution >= 0.6 is 0 Å². The summed E-state index contributed by atoms with van der Waals surface area (Å²) in [4.78, 5) is 17.1. The Bertz CT molecular complexity index is 934. The minimum Gasteiger partial charge on any atom is -0.367 e. The fraction of sp³-hybridized carbons (Fsp3) is 0.471. The van der Waals surface area contributed by atoms with Crippen LogP contribution in [0.2, 0.25) is 0 Å². The van der Waals surface area contributed by atoms with Crippen LogP contribution in [-0.4, -0.2) is 63.9 Å². The fourth-order valence-electron chi connectivity index (χ4n) is 3.43. The molecule has 0 bridgehead atoms. The Kier molecular flexibility index (Phi) is 5.04. The maximum absolute atomic E-state index is 13.2. The van der Waals surface area contributed by atoms with E-state index in [4.69, 9.17) is 0 Å². The molecule has 0 radical (unpaired) electrons. The van der Waals surface area contributed by atoms with Crippen molar-refractivity contribution in [2.24, 2.45) is 0 Å². The van der Waals surface area contributed by atoms with E-state index in [2.05, 4.69) is 31.5 Å². The van der Waals surface area contributed by atoms with Gasteiger partial charge in [0.2, 0.25) is 0 Å². The SMILES string of the molecule is CN1C=C(NC(=O)c2cnn3ccc(NC4CCNCC4)nc23)C(C(F)(F)F)N1. The number of nitrogens with one attached hydrogen (secondary N) is 4. The van der Waals surface area contributed by atoms with E-state index in [9.17, 15) is 18.0 Å². The number of carbonyl (C=O) groups is 1. The largest absolute Gasteiger partial charge is 0.411 e. The summed E-state index contributed by atoms with van der Waals surface area (Å²) in [6.45, 7) is 1.83. The number of nitrogens with zero attached hydrogens (tertiary/aromatic N) is 4. The highest BCUT2D eigenvalue weighted by Gasteiger charge is 2.46. The summed E-state index contributed by atoms with van der Waals surface area (Å²) < 4.78 is 41.0. The molecule has 2 aromatic rings. The molecule has 156 valence electrons. The van der Waals surface area contributed by atoms with E-state index >= 15 is 0 Å². The molecular formula is C17H21F3N8O. The van der Waals surface area contributed by atoms with Gasteiger partial charge in [-0.3, -0.25) is 4.79 Å². The number of hydrazine groups is 1. The van der Waals surface area contributed by atoms with Crippen LogP contribution in [0.3, 0.4) is 0 Å². The molecular weight excluding hydrogens is 389 g/mol. The fourth-order valence-corrected chi connectivity index (χ4v) is 3.43. The van der Waals surface area contributed by atoms with Gasteiger partial charge in [-0.15, -0.1) is 0 Å². The van der Waals surface area contributed by atoms with Gasteiger partial charge in [0, 0.05) is 25.5 Å². The summed E-state index contributed by atoms with van der Waals surface area (Å²) in [7, 11) is 1.42. The minimum absolute atomic E-state index is 0.0929. The van der Waals surface area contributed by atoms with Gasteiger partial charge in [-0.25, -0.2) is 14.9 Å². The highest BCUT2D eigenvalue weighted by atomic mass is 19.4. The van der Waals surface area contributed by atoms with Crippen LogP contribution in [0.4, 0.5) is 19.0 Å². The Balaban J connectivity index is 1.54. The standard InChI is InChI=1S/C17H21F3N8O/c1-27-9-12(14(26-27)17(18,19)20)24-16(29)11-8-22-28-7-4-13(25-15(11)28)23-10-2-5-21-6-3-10/h4,7-10,14,21,26H,2-3,5-6H2,1H3,(H,23,25)(H,24,29). The number of fused-ring (bicyclic) bond motifs is 1. The van der Waals surface area contributed by atoms with E-state index in [1.165, 1.54) is 24.0 Å². The van der Waals surface area contributed by atoms with E-state index in [0.717, 1.165) is 30.9 Å². The third-order valence-electron chi connectivity index (χ3n) is 4.87. The molecule has 1 fully saturated rings. The lowest BCUT2D eigenvalue weighted by molar-refractivity contribution is -0.151. The number of piperidine rings is 1. The molecule has 29 heavy (non-hydrogen) atoms. The van der Waals surface area contributed by atoms with E-state index in [1.54, 1.807) is 12.3 Å². The van der Waals surface area contributed by atoms with Crippen molar-refractivity contribution in [3.05, 3.63) is 35.9 Å². The first-order valence-corrected chi connectivity index (χ1v) is 9.21. The maximum atomic E-state index is 13.2. The van der Waals surface area contributed by atoms with Crippen molar-refractivity contribution in [3.63, 3.8) is 0 Å². The number of anilines is 1. The molecule has 4 rings (SSSR count). The van der Waals surface area contributed by atoms with E-state index in [-0.39, 0.29) is 22.9 Å². The zero-order valence-electron chi connectivity index (χ0n) is 15.6. The van der Waals surface area contributed by atoms with Crippen LogP contribution < -0.4 is 21.4 Å². The van der Waals surface area contributed by atoms with Gasteiger partial charge in [0.15, 0.2) is 11.7 Å². The summed E-state index contributed by atoms with van der Waals surface area (Å²) in [5, 5.41) is 14.2. The number of hydrogen-bond donors (Lipinski definition) is 4. The Morgan fingerprint density at radius 3 is 2.79 bits per heavy atom. The third-order valence-corrected chi connectivity index (χ3v) is 4.87. The summed E-state index contributed by atoms with van der Waals surface area (Å²) in [5.74, 6) is -0.113. The first kappa shape index (κ1) is 19.5. The molecule has 1 unspecified atom stereocenters. The molecule has 0 aliphatic carbocycles. The molecule has 9 nitrogen and oxygen atoms in total. The highest BCUT2D eigenvalue weighted by Crippen LogP contribution is 2.28. The first-order chi connectivity index (χ1) is 13.8. The molecule has 4 heterocycles. The van der Waals surface area contributed by atoms with Gasteiger partial charge in [0.05, 0.1) is 11.9 Å². The molecule has 4 N–H and O–H groups in total. The predicted octanol–water partition coefficient (Wildman–Crippen LogP) is 0.845. The Morgan fingerprint density at radius 1 is 1.31 bits per heavy atom. The van der Waals surface area contributed by atoms with Gasteiger partial charge in [0.25, 0.3) is 5.91 Å². The Morgan fingerprint density at radius 2 is 2.07 bits per heavy atom. The molecule has 0 spiro atoms. The molecule has 2 aliphatic heterocycles. The zero-order chi connectivity index (χ0) is 20.6. The summed E-state index contributed by atoms with van der Waals surface area (Å²) in [6, 6.07) is 0.0366. The first-order valence-electron chi connectivity index (χ1n) is 9.21. The van der Waals surface area contributed by atoms with Crippen LogP contribution in [0, 0.1) is 0 Å². The molecule has 0 saturated carbocycles. The number of amides is 1. The van der Waals surface area contributed by atoms with Crippen molar-refractivity contribution in [2.45, 2.75) is 31.1 Å². The van der Waals surface area contributed by atoms with Crippen molar-refractivity contribution < 1.29 is 18.0 Å². The van der Waals surface area contributed by atoms with Crippen LogP contribution in [0.5, 0.6) is 0 Å². The molecule has 1 saturated heterocycles. The average molecular weight is 410 g/mol. The van der Waals surface area contributed by atoms with Crippen molar-refractivity contribution in [3.8, 4) is 0 Å². The topological polar surface area (TPSA) is 98.6 Å². The molecule has 12 heteroatoms. The third kappa shape index (κ3) is 4.12. The van der Waals surface area contributed by atoms with Crippen molar-refractivity contribution in [1.82, 2.24) is 35.7 Å². The Labute approximate surface area is 164 Å². The normalized spacial score (nSPS) is 20.8. The van der Waals surface area contributed by atoms with Crippen LogP contribution in [-0.2, 0) is 0 Å². The van der Waals surface area contributed by atoms with Gasteiger partial charge in [-0.1, -0.05) is 0 Å². The zero-order valence-corrected chi connectivity index (χ0v) is 15.6. The number of hydrogen-bond acceptors (Lipinski definition) is 7. The number of carbonyl (C=O) groups excluding carboxylic acids is 1. The van der Waals surface area contributed by atoms with Gasteiger partial charge in [-0.05, 0) is 32.0 Å². The number of alkyl halides is 3. The molecule has 2 aromatic heterocycles. The van der Waals surface area contributed by atoms with Gasteiger partial charge in [0.1, 0.15) is 11.4 Å². The average Bonchev–Trinajstić information content (AvgIpc) is 3.25. The number of halogens is 3.